The van der Waals surface area contributed by atoms with Crippen LogP contribution in [-0.4, -0.2) is 70.9 Å². The Morgan fingerprint density at radius 3 is 2.74 bits per heavy atom. The predicted octanol–water partition coefficient (Wildman–Crippen LogP) is 5.44. The Hall–Kier alpha value is -3.95. The number of hydrogen-bond acceptors (Lipinski definition) is 8. The fourth-order valence-corrected chi connectivity index (χ4v) is 5.61. The summed E-state index contributed by atoms with van der Waals surface area (Å²) in [5.74, 6) is 1.40. The smallest absolute Gasteiger partial charge is 0.308 e. The maximum atomic E-state index is 11.9. The van der Waals surface area contributed by atoms with Crippen molar-refractivity contribution in [1.29, 1.82) is 0 Å². The lowest BCUT2D eigenvalue weighted by atomic mass is 10.1. The van der Waals surface area contributed by atoms with Gasteiger partial charge < -0.3 is 24.1 Å². The minimum atomic E-state index is -0.197. The summed E-state index contributed by atoms with van der Waals surface area (Å²) < 4.78 is 19.4. The van der Waals surface area contributed by atoms with Crippen LogP contribution in [0.3, 0.4) is 0 Å². The molecule has 228 valence electrons. The van der Waals surface area contributed by atoms with Crippen LogP contribution in [-0.2, 0) is 27.4 Å². The molecule has 43 heavy (non-hydrogen) atoms. The van der Waals surface area contributed by atoms with Crippen molar-refractivity contribution in [2.75, 3.05) is 44.7 Å². The van der Waals surface area contributed by atoms with Gasteiger partial charge in [-0.2, -0.15) is 0 Å². The van der Waals surface area contributed by atoms with Gasteiger partial charge in [0.05, 0.1) is 43.3 Å². The summed E-state index contributed by atoms with van der Waals surface area (Å²) in [5, 5.41) is 3.61. The van der Waals surface area contributed by atoms with Crippen LogP contribution in [0.5, 0.6) is 5.75 Å². The fraction of sp³-hybridized carbons (Fsp3) is 0.441. The van der Waals surface area contributed by atoms with E-state index in [1.54, 1.807) is 0 Å². The molecule has 2 aromatic carbocycles. The second-order valence-corrected chi connectivity index (χ2v) is 11.2. The number of carbonyl (C=O) groups excluding carboxylic acids is 1. The summed E-state index contributed by atoms with van der Waals surface area (Å²) in [6.45, 7) is 13.4. The number of carbonyl (C=O) groups is 1. The molecule has 0 bridgehead atoms. The maximum Gasteiger partial charge on any atom is 0.308 e. The summed E-state index contributed by atoms with van der Waals surface area (Å²) in [7, 11) is 0. The van der Waals surface area contributed by atoms with Gasteiger partial charge in [0.1, 0.15) is 18.1 Å². The van der Waals surface area contributed by atoms with Gasteiger partial charge in [-0.1, -0.05) is 36.4 Å². The molecule has 0 aliphatic carbocycles. The summed E-state index contributed by atoms with van der Waals surface area (Å²) in [6, 6.07) is 18.6. The summed E-state index contributed by atoms with van der Waals surface area (Å²) in [5.41, 5.74) is 7.34. The van der Waals surface area contributed by atoms with Gasteiger partial charge in [-0.25, -0.2) is 4.98 Å². The molecule has 1 aliphatic heterocycles. The van der Waals surface area contributed by atoms with Crippen molar-refractivity contribution in [3.63, 3.8) is 0 Å². The number of imidazole rings is 1. The molecule has 2 aromatic heterocycles. The van der Waals surface area contributed by atoms with Crippen LogP contribution in [0.15, 0.2) is 54.6 Å². The van der Waals surface area contributed by atoms with Crippen molar-refractivity contribution in [2.24, 2.45) is 0 Å². The van der Waals surface area contributed by atoms with Gasteiger partial charge in [-0.05, 0) is 69.0 Å². The first kappa shape index (κ1) is 30.5. The van der Waals surface area contributed by atoms with Gasteiger partial charge in [0.2, 0.25) is 5.95 Å². The normalized spacial score (nSPS) is 15.5. The van der Waals surface area contributed by atoms with Gasteiger partial charge >= 0.3 is 5.97 Å². The van der Waals surface area contributed by atoms with Crippen LogP contribution in [0.1, 0.15) is 47.8 Å². The zero-order valence-electron chi connectivity index (χ0n) is 25.8. The molecule has 0 radical (unpaired) electrons. The SMILES string of the molecule is CCOC(=O)CC1CN(CCCNc2nc3c(C)cc(C)cc3n2Cc2nc(C)ccc2OCc2ccccc2)CCO1. The van der Waals surface area contributed by atoms with E-state index in [1.165, 1.54) is 5.56 Å². The summed E-state index contributed by atoms with van der Waals surface area (Å²) >= 11 is 0. The highest BCUT2D eigenvalue weighted by Crippen LogP contribution is 2.28. The van der Waals surface area contributed by atoms with Gasteiger partial charge in [-0.15, -0.1) is 0 Å². The molecule has 0 amide bonds. The van der Waals surface area contributed by atoms with E-state index >= 15 is 0 Å². The molecular formula is C34H43N5O4. The number of nitrogens with one attached hydrogen (secondary N) is 1. The van der Waals surface area contributed by atoms with Crippen LogP contribution in [0.2, 0.25) is 0 Å². The number of fused-ring (bicyclic) bond motifs is 1. The van der Waals surface area contributed by atoms with E-state index in [4.69, 9.17) is 24.2 Å². The van der Waals surface area contributed by atoms with Crippen molar-refractivity contribution in [1.82, 2.24) is 19.4 Å². The highest BCUT2D eigenvalue weighted by molar-refractivity contribution is 5.83. The van der Waals surface area contributed by atoms with E-state index in [9.17, 15) is 4.79 Å². The van der Waals surface area contributed by atoms with Crippen molar-refractivity contribution in [3.05, 3.63) is 82.7 Å². The number of anilines is 1. The molecule has 5 rings (SSSR count). The van der Waals surface area contributed by atoms with Crippen molar-refractivity contribution >= 4 is 23.0 Å². The lowest BCUT2D eigenvalue weighted by molar-refractivity contribution is -0.148. The minimum Gasteiger partial charge on any atom is -0.487 e. The third-order valence-electron chi connectivity index (χ3n) is 7.66. The Kier molecular flexibility index (Phi) is 10.3. The zero-order valence-corrected chi connectivity index (χ0v) is 25.8. The van der Waals surface area contributed by atoms with E-state index < -0.39 is 0 Å². The Morgan fingerprint density at radius 1 is 1.09 bits per heavy atom. The van der Waals surface area contributed by atoms with Crippen LogP contribution in [0, 0.1) is 20.8 Å². The topological polar surface area (TPSA) is 90.7 Å². The van der Waals surface area contributed by atoms with Crippen LogP contribution in [0.4, 0.5) is 5.95 Å². The highest BCUT2D eigenvalue weighted by atomic mass is 16.5. The Bertz CT molecular complexity index is 1520. The Balaban J connectivity index is 1.29. The zero-order chi connectivity index (χ0) is 30.2. The quantitative estimate of drug-likeness (QED) is 0.164. The number of hydrogen-bond donors (Lipinski definition) is 1. The number of morpholine rings is 1. The molecule has 1 aliphatic rings. The molecule has 1 saturated heterocycles. The van der Waals surface area contributed by atoms with Gasteiger partial charge in [-0.3, -0.25) is 14.7 Å². The van der Waals surface area contributed by atoms with Crippen LogP contribution in [0.25, 0.3) is 11.0 Å². The molecule has 1 atom stereocenters. The van der Waals surface area contributed by atoms with Gasteiger partial charge in [0.25, 0.3) is 0 Å². The number of benzene rings is 2. The number of nitrogens with zero attached hydrogens (tertiary/aromatic N) is 4. The molecular weight excluding hydrogens is 542 g/mol. The lowest BCUT2D eigenvalue weighted by Gasteiger charge is -2.32. The molecule has 0 saturated carbocycles. The number of rotatable bonds is 13. The van der Waals surface area contributed by atoms with E-state index in [0.29, 0.717) is 32.8 Å². The first-order valence-electron chi connectivity index (χ1n) is 15.2. The third-order valence-corrected chi connectivity index (χ3v) is 7.66. The van der Waals surface area contributed by atoms with E-state index in [-0.39, 0.29) is 12.1 Å². The molecule has 1 fully saturated rings. The fourth-order valence-electron chi connectivity index (χ4n) is 5.61. The third kappa shape index (κ3) is 8.12. The second kappa shape index (κ2) is 14.5. The average Bonchev–Trinajstić information content (AvgIpc) is 3.33. The van der Waals surface area contributed by atoms with E-state index in [2.05, 4.69) is 52.9 Å². The van der Waals surface area contributed by atoms with Crippen molar-refractivity contribution in [2.45, 2.75) is 59.8 Å². The van der Waals surface area contributed by atoms with Gasteiger partial charge in [0, 0.05) is 31.9 Å². The van der Waals surface area contributed by atoms with E-state index in [1.807, 2.05) is 44.2 Å². The second-order valence-electron chi connectivity index (χ2n) is 11.2. The summed E-state index contributed by atoms with van der Waals surface area (Å²) in [6.07, 6.45) is 1.12. The molecule has 9 heteroatoms. The standard InChI is InChI=1S/C34H43N5O4/c1-5-41-32(40)20-28-21-38(16-17-42-28)15-9-14-35-34-37-33-25(3)18-24(2)19-30(33)39(34)22-29-31(13-12-26(4)36-29)43-23-27-10-7-6-8-11-27/h6-8,10-13,18-19,28H,5,9,14-17,20-23H2,1-4H3,(H,35,37). The Labute approximate surface area is 254 Å². The lowest BCUT2D eigenvalue weighted by Crippen LogP contribution is -2.44. The van der Waals surface area contributed by atoms with Crippen LogP contribution < -0.4 is 10.1 Å². The number of esters is 1. The summed E-state index contributed by atoms with van der Waals surface area (Å²) in [4.78, 5) is 24.2. The van der Waals surface area contributed by atoms with E-state index in [0.717, 1.165) is 77.8 Å². The first-order chi connectivity index (χ1) is 20.9. The number of aryl methyl sites for hydroxylation is 3. The molecule has 9 nitrogen and oxygen atoms in total. The average molecular weight is 586 g/mol. The minimum absolute atomic E-state index is 0.115. The van der Waals surface area contributed by atoms with Crippen molar-refractivity contribution in [3.8, 4) is 5.75 Å². The van der Waals surface area contributed by atoms with Crippen LogP contribution >= 0.6 is 0 Å². The Morgan fingerprint density at radius 2 is 1.93 bits per heavy atom. The number of ether oxygens (including phenoxy) is 3. The predicted molar refractivity (Wildman–Crippen MR) is 169 cm³/mol. The van der Waals surface area contributed by atoms with Gasteiger partial charge in [0.15, 0.2) is 0 Å². The molecule has 1 unspecified atom stereocenters. The largest absolute Gasteiger partial charge is 0.487 e. The van der Waals surface area contributed by atoms with Crippen molar-refractivity contribution < 1.29 is 19.0 Å². The maximum absolute atomic E-state index is 11.9. The molecule has 3 heterocycles. The first-order valence-corrected chi connectivity index (χ1v) is 15.2. The monoisotopic (exact) mass is 585 g/mol. The molecule has 4 aromatic rings. The highest BCUT2D eigenvalue weighted by Gasteiger charge is 2.23. The molecule has 0 spiro atoms. The molecule has 1 N–H and O–H groups in total. The number of aromatic nitrogens is 3. The number of pyridine rings is 1.